The van der Waals surface area contributed by atoms with Crippen molar-refractivity contribution in [3.8, 4) is 0 Å². The molecule has 1 aromatic carbocycles. The molecule has 0 bridgehead atoms. The molecule has 1 N–H and O–H groups in total. The van der Waals surface area contributed by atoms with Gasteiger partial charge in [0, 0.05) is 6.04 Å². The second-order valence-electron chi connectivity index (χ2n) is 4.92. The van der Waals surface area contributed by atoms with Gasteiger partial charge in [0.05, 0.1) is 11.3 Å². The Morgan fingerprint density at radius 1 is 1.26 bits per heavy atom. The number of rotatable bonds is 3. The molecular formula is C15H20N2O2. The Labute approximate surface area is 113 Å². The van der Waals surface area contributed by atoms with Crippen LogP contribution in [0.5, 0.6) is 0 Å². The Hall–Kier alpha value is -1.84. The van der Waals surface area contributed by atoms with Crippen molar-refractivity contribution >= 4 is 17.5 Å². The van der Waals surface area contributed by atoms with Crippen LogP contribution in [-0.4, -0.2) is 23.9 Å². The van der Waals surface area contributed by atoms with Gasteiger partial charge in [-0.15, -0.1) is 0 Å². The molecule has 2 amide bonds. The number of nitrogens with one attached hydrogen (secondary N) is 1. The van der Waals surface area contributed by atoms with Crippen LogP contribution in [0.2, 0.25) is 0 Å². The standard InChI is InChI=1S/C15H20N2O2/c1-4-10(3)17-13-9-7-6-8-11(13)14(18)16-12(5-2)15(17)19/h6-10,12H,4-5H2,1-3H3,(H,16,18). The number of benzene rings is 1. The summed E-state index contributed by atoms with van der Waals surface area (Å²) in [6.07, 6.45) is 1.45. The van der Waals surface area contributed by atoms with Gasteiger partial charge in [0.15, 0.2) is 0 Å². The minimum absolute atomic E-state index is 0.0184. The Balaban J connectivity index is 2.56. The number of fused-ring (bicyclic) bond motifs is 1. The summed E-state index contributed by atoms with van der Waals surface area (Å²) in [7, 11) is 0. The summed E-state index contributed by atoms with van der Waals surface area (Å²) >= 11 is 0. The van der Waals surface area contributed by atoms with Crippen LogP contribution in [0.15, 0.2) is 24.3 Å². The predicted molar refractivity (Wildman–Crippen MR) is 75.2 cm³/mol. The minimum atomic E-state index is -0.436. The number of amides is 2. The highest BCUT2D eigenvalue weighted by atomic mass is 16.2. The lowest BCUT2D eigenvalue weighted by molar-refractivity contribution is -0.120. The maximum Gasteiger partial charge on any atom is 0.254 e. The Kier molecular flexibility index (Phi) is 3.88. The third kappa shape index (κ3) is 2.35. The van der Waals surface area contributed by atoms with Crippen LogP contribution in [0.4, 0.5) is 5.69 Å². The van der Waals surface area contributed by atoms with E-state index in [1.54, 1.807) is 11.0 Å². The molecule has 1 aliphatic heterocycles. The third-order valence-corrected chi connectivity index (χ3v) is 3.69. The molecule has 0 spiro atoms. The van der Waals surface area contributed by atoms with Crippen molar-refractivity contribution in [2.24, 2.45) is 0 Å². The van der Waals surface area contributed by atoms with Crippen LogP contribution in [0.25, 0.3) is 0 Å². The fourth-order valence-electron chi connectivity index (χ4n) is 2.37. The molecule has 0 radical (unpaired) electrons. The number of hydrogen-bond acceptors (Lipinski definition) is 2. The number of para-hydroxylation sites is 1. The van der Waals surface area contributed by atoms with Crippen molar-refractivity contribution in [2.45, 2.75) is 45.7 Å². The number of nitrogens with zero attached hydrogens (tertiary/aromatic N) is 1. The van der Waals surface area contributed by atoms with E-state index in [0.717, 1.165) is 12.1 Å². The normalized spacial score (nSPS) is 20.6. The van der Waals surface area contributed by atoms with Crippen LogP contribution in [-0.2, 0) is 4.79 Å². The summed E-state index contributed by atoms with van der Waals surface area (Å²) in [4.78, 5) is 26.5. The van der Waals surface area contributed by atoms with Crippen LogP contribution in [0, 0.1) is 0 Å². The topological polar surface area (TPSA) is 49.4 Å². The molecular weight excluding hydrogens is 240 g/mol. The van der Waals surface area contributed by atoms with E-state index in [1.807, 2.05) is 39.0 Å². The predicted octanol–water partition coefficient (Wildman–Crippen LogP) is 2.34. The van der Waals surface area contributed by atoms with E-state index in [4.69, 9.17) is 0 Å². The molecule has 2 unspecified atom stereocenters. The van der Waals surface area contributed by atoms with Gasteiger partial charge in [-0.25, -0.2) is 0 Å². The first kappa shape index (κ1) is 13.6. The van der Waals surface area contributed by atoms with Crippen molar-refractivity contribution in [1.29, 1.82) is 0 Å². The van der Waals surface area contributed by atoms with Gasteiger partial charge in [-0.1, -0.05) is 26.0 Å². The fraction of sp³-hybridized carbons (Fsp3) is 0.467. The fourth-order valence-corrected chi connectivity index (χ4v) is 2.37. The smallest absolute Gasteiger partial charge is 0.254 e. The average Bonchev–Trinajstić information content (AvgIpc) is 2.54. The van der Waals surface area contributed by atoms with Gasteiger partial charge in [0.25, 0.3) is 5.91 Å². The zero-order valence-electron chi connectivity index (χ0n) is 11.6. The number of hydrogen-bond donors (Lipinski definition) is 1. The van der Waals surface area contributed by atoms with Gasteiger partial charge >= 0.3 is 0 Å². The number of carbonyl (C=O) groups excluding carboxylic acids is 2. The first-order valence-corrected chi connectivity index (χ1v) is 6.83. The summed E-state index contributed by atoms with van der Waals surface area (Å²) in [6.45, 7) is 5.96. The second-order valence-corrected chi connectivity index (χ2v) is 4.92. The van der Waals surface area contributed by atoms with E-state index in [1.165, 1.54) is 0 Å². The molecule has 2 atom stereocenters. The number of carbonyl (C=O) groups is 2. The van der Waals surface area contributed by atoms with Crippen LogP contribution >= 0.6 is 0 Å². The molecule has 102 valence electrons. The van der Waals surface area contributed by atoms with E-state index in [-0.39, 0.29) is 17.9 Å². The maximum atomic E-state index is 12.6. The van der Waals surface area contributed by atoms with E-state index >= 15 is 0 Å². The van der Waals surface area contributed by atoms with Crippen molar-refractivity contribution in [2.75, 3.05) is 4.90 Å². The molecule has 0 saturated carbocycles. The van der Waals surface area contributed by atoms with E-state index in [0.29, 0.717) is 12.0 Å². The van der Waals surface area contributed by atoms with Crippen molar-refractivity contribution in [3.05, 3.63) is 29.8 Å². The summed E-state index contributed by atoms with van der Waals surface area (Å²) in [5.74, 6) is -0.184. The van der Waals surface area contributed by atoms with E-state index in [2.05, 4.69) is 5.32 Å². The van der Waals surface area contributed by atoms with Crippen LogP contribution in [0.3, 0.4) is 0 Å². The SMILES string of the molecule is CCC1NC(=O)c2ccccc2N(C(C)CC)C1=O. The quantitative estimate of drug-likeness (QED) is 0.907. The largest absolute Gasteiger partial charge is 0.340 e. The molecule has 0 aromatic heterocycles. The maximum absolute atomic E-state index is 12.6. The van der Waals surface area contributed by atoms with Gasteiger partial charge in [-0.2, -0.15) is 0 Å². The second kappa shape index (κ2) is 5.43. The van der Waals surface area contributed by atoms with Gasteiger partial charge in [0.1, 0.15) is 6.04 Å². The lowest BCUT2D eigenvalue weighted by Crippen LogP contribution is -2.48. The average molecular weight is 260 g/mol. The lowest BCUT2D eigenvalue weighted by atomic mass is 10.1. The molecule has 1 aliphatic rings. The zero-order chi connectivity index (χ0) is 14.0. The molecule has 1 aromatic rings. The molecule has 0 fully saturated rings. The van der Waals surface area contributed by atoms with Gasteiger partial charge in [-0.3, -0.25) is 9.59 Å². The Morgan fingerprint density at radius 2 is 1.95 bits per heavy atom. The summed E-state index contributed by atoms with van der Waals surface area (Å²) in [5, 5.41) is 2.81. The lowest BCUT2D eigenvalue weighted by Gasteiger charge is -2.30. The van der Waals surface area contributed by atoms with Crippen LogP contribution in [0.1, 0.15) is 44.0 Å². The van der Waals surface area contributed by atoms with E-state index < -0.39 is 6.04 Å². The molecule has 4 nitrogen and oxygen atoms in total. The molecule has 19 heavy (non-hydrogen) atoms. The van der Waals surface area contributed by atoms with Gasteiger partial charge in [0.2, 0.25) is 5.91 Å². The summed E-state index contributed by atoms with van der Waals surface area (Å²) in [6, 6.07) is 6.94. The van der Waals surface area contributed by atoms with Crippen LogP contribution < -0.4 is 10.2 Å². The Bertz CT molecular complexity index is 499. The monoisotopic (exact) mass is 260 g/mol. The van der Waals surface area contributed by atoms with E-state index in [9.17, 15) is 9.59 Å². The highest BCUT2D eigenvalue weighted by Crippen LogP contribution is 2.27. The molecule has 1 heterocycles. The molecule has 4 heteroatoms. The summed E-state index contributed by atoms with van der Waals surface area (Å²) < 4.78 is 0. The highest BCUT2D eigenvalue weighted by molar-refractivity contribution is 6.11. The minimum Gasteiger partial charge on any atom is -0.340 e. The first-order valence-electron chi connectivity index (χ1n) is 6.83. The molecule has 0 aliphatic carbocycles. The number of anilines is 1. The first-order chi connectivity index (χ1) is 9.10. The molecule has 2 rings (SSSR count). The zero-order valence-corrected chi connectivity index (χ0v) is 11.6. The molecule has 0 saturated heterocycles. The van der Waals surface area contributed by atoms with Crippen molar-refractivity contribution < 1.29 is 9.59 Å². The highest BCUT2D eigenvalue weighted by Gasteiger charge is 2.34. The Morgan fingerprint density at radius 3 is 2.58 bits per heavy atom. The van der Waals surface area contributed by atoms with Crippen molar-refractivity contribution in [3.63, 3.8) is 0 Å². The third-order valence-electron chi connectivity index (χ3n) is 3.69. The summed E-state index contributed by atoms with van der Waals surface area (Å²) in [5.41, 5.74) is 1.29. The van der Waals surface area contributed by atoms with Gasteiger partial charge in [-0.05, 0) is 31.9 Å². The van der Waals surface area contributed by atoms with Gasteiger partial charge < -0.3 is 10.2 Å². The van der Waals surface area contributed by atoms with Crippen molar-refractivity contribution in [1.82, 2.24) is 5.32 Å².